The summed E-state index contributed by atoms with van der Waals surface area (Å²) in [7, 11) is 1.84. The second kappa shape index (κ2) is 9.87. The zero-order chi connectivity index (χ0) is 18.9. The molecule has 1 unspecified atom stereocenters. The van der Waals surface area contributed by atoms with Gasteiger partial charge in [0.25, 0.3) is 0 Å². The molecule has 0 heterocycles. The van der Waals surface area contributed by atoms with Gasteiger partial charge >= 0.3 is 0 Å². The molecular weight excluding hydrogens is 322 g/mol. The van der Waals surface area contributed by atoms with Crippen LogP contribution in [-0.2, 0) is 17.8 Å². The molecule has 2 rings (SSSR count). The molecule has 0 spiro atoms. The van der Waals surface area contributed by atoms with E-state index >= 15 is 0 Å². The number of carbonyl (C=O) groups excluding carboxylic acids is 1. The molecule has 1 amide bonds. The van der Waals surface area contributed by atoms with Crippen molar-refractivity contribution in [1.29, 1.82) is 0 Å². The van der Waals surface area contributed by atoms with E-state index in [1.165, 1.54) is 12.8 Å². The predicted molar refractivity (Wildman–Crippen MR) is 105 cm³/mol. The van der Waals surface area contributed by atoms with E-state index in [2.05, 4.69) is 39.0 Å². The fraction of sp³-hybridized carbons (Fsp3) is 0.435. The first-order valence-electron chi connectivity index (χ1n) is 9.32. The molecule has 0 saturated carbocycles. The topological polar surface area (TPSA) is 29.5 Å². The summed E-state index contributed by atoms with van der Waals surface area (Å²) < 4.78 is 5.95. The lowest BCUT2D eigenvalue weighted by atomic mass is 10.1. The first kappa shape index (κ1) is 19.8. The maximum absolute atomic E-state index is 12.4. The zero-order valence-corrected chi connectivity index (χ0v) is 16.3. The van der Waals surface area contributed by atoms with Crippen molar-refractivity contribution in [3.63, 3.8) is 0 Å². The Morgan fingerprint density at radius 1 is 1.23 bits per heavy atom. The van der Waals surface area contributed by atoms with E-state index in [4.69, 9.17) is 4.74 Å². The van der Waals surface area contributed by atoms with Crippen molar-refractivity contribution in [2.24, 2.45) is 5.92 Å². The van der Waals surface area contributed by atoms with Gasteiger partial charge < -0.3 is 9.64 Å². The van der Waals surface area contributed by atoms with E-state index < -0.39 is 0 Å². The van der Waals surface area contributed by atoms with E-state index in [1.807, 2.05) is 31.3 Å². The van der Waals surface area contributed by atoms with Gasteiger partial charge in [0.2, 0.25) is 5.91 Å². The van der Waals surface area contributed by atoms with Crippen molar-refractivity contribution < 1.29 is 9.53 Å². The number of aryl methyl sites for hydroxylation is 1. The molecule has 3 heteroatoms. The van der Waals surface area contributed by atoms with Crippen molar-refractivity contribution in [3.8, 4) is 5.75 Å². The Morgan fingerprint density at radius 2 is 2.04 bits per heavy atom. The maximum atomic E-state index is 12.4. The molecule has 0 aromatic heterocycles. The summed E-state index contributed by atoms with van der Waals surface area (Å²) in [6.07, 6.45) is 2.75. The third-order valence-corrected chi connectivity index (χ3v) is 4.47. The van der Waals surface area contributed by atoms with E-state index in [-0.39, 0.29) is 5.91 Å². The van der Waals surface area contributed by atoms with Gasteiger partial charge in [-0.15, -0.1) is 0 Å². The second-order valence-corrected chi connectivity index (χ2v) is 7.07. The number of ether oxygens (including phenoxy) is 1. The van der Waals surface area contributed by atoms with Gasteiger partial charge in [0, 0.05) is 13.6 Å². The number of carbonyl (C=O) groups is 1. The molecule has 0 fully saturated rings. The van der Waals surface area contributed by atoms with E-state index in [0.717, 1.165) is 29.0 Å². The summed E-state index contributed by atoms with van der Waals surface area (Å²) >= 11 is 0. The molecule has 3 nitrogen and oxygen atoms in total. The Labute approximate surface area is 158 Å². The normalized spacial score (nSPS) is 11.5. The molecule has 0 aliphatic rings. The molecule has 0 bridgehead atoms. The average molecular weight is 351 g/mol. The quantitative estimate of drug-likeness (QED) is 0.660. The van der Waals surface area contributed by atoms with E-state index in [1.54, 1.807) is 11.0 Å². The van der Waals surface area contributed by atoms with Crippen LogP contribution in [0.15, 0.2) is 36.4 Å². The SMILES string of the molecule is CCCC(C)COc1ccc(CN(C)C(=O)Cc2cc#ccc2)cc1C. The Hall–Kier alpha value is -2.47. The number of rotatable bonds is 9. The summed E-state index contributed by atoms with van der Waals surface area (Å²) in [6.45, 7) is 7.81. The third-order valence-electron chi connectivity index (χ3n) is 4.47. The van der Waals surface area contributed by atoms with Gasteiger partial charge in [-0.2, -0.15) is 0 Å². The van der Waals surface area contributed by atoms with Gasteiger partial charge in [-0.3, -0.25) is 4.79 Å². The summed E-state index contributed by atoms with van der Waals surface area (Å²) in [4.78, 5) is 14.1. The lowest BCUT2D eigenvalue weighted by molar-refractivity contribution is -0.129. The fourth-order valence-corrected chi connectivity index (χ4v) is 2.94. The molecule has 0 aliphatic heterocycles. The van der Waals surface area contributed by atoms with Crippen LogP contribution in [0.5, 0.6) is 5.75 Å². The number of hydrogen-bond donors (Lipinski definition) is 0. The van der Waals surface area contributed by atoms with Crippen LogP contribution in [-0.4, -0.2) is 24.5 Å². The Kier molecular flexibility index (Phi) is 7.53. The number of nitrogens with zero attached hydrogens (tertiary/aromatic N) is 1. The highest BCUT2D eigenvalue weighted by Crippen LogP contribution is 2.21. The van der Waals surface area contributed by atoms with Crippen LogP contribution in [0.2, 0.25) is 0 Å². The first-order chi connectivity index (χ1) is 12.5. The minimum Gasteiger partial charge on any atom is -0.493 e. The Balaban J connectivity index is 1.90. The fourth-order valence-electron chi connectivity index (χ4n) is 2.94. The second-order valence-electron chi connectivity index (χ2n) is 7.07. The van der Waals surface area contributed by atoms with Crippen molar-refractivity contribution in [3.05, 3.63) is 65.2 Å². The molecule has 2 aromatic carbocycles. The van der Waals surface area contributed by atoms with Gasteiger partial charge in [-0.25, -0.2) is 0 Å². The predicted octanol–water partition coefficient (Wildman–Crippen LogP) is 4.61. The van der Waals surface area contributed by atoms with Crippen LogP contribution < -0.4 is 4.74 Å². The molecule has 26 heavy (non-hydrogen) atoms. The lowest BCUT2D eigenvalue weighted by Crippen LogP contribution is -2.27. The number of amides is 1. The van der Waals surface area contributed by atoms with Crippen LogP contribution in [0.1, 0.15) is 43.4 Å². The number of benzene rings is 1. The summed E-state index contributed by atoms with van der Waals surface area (Å²) in [5.74, 6) is 1.59. The van der Waals surface area contributed by atoms with Gasteiger partial charge in [-0.05, 0) is 60.2 Å². The first-order valence-corrected chi connectivity index (χ1v) is 9.32. The highest BCUT2D eigenvalue weighted by molar-refractivity contribution is 5.78. The highest BCUT2D eigenvalue weighted by Gasteiger charge is 2.11. The third kappa shape index (κ3) is 6.11. The van der Waals surface area contributed by atoms with Crippen molar-refractivity contribution in [2.45, 2.75) is 46.6 Å². The average Bonchev–Trinajstić information content (AvgIpc) is 2.62. The Bertz CT molecular complexity index is 697. The number of hydrogen-bond acceptors (Lipinski definition) is 2. The minimum absolute atomic E-state index is 0.0935. The van der Waals surface area contributed by atoms with Crippen LogP contribution in [0.25, 0.3) is 0 Å². The van der Waals surface area contributed by atoms with Crippen molar-refractivity contribution >= 4 is 5.91 Å². The molecular formula is C23H29NO2. The minimum atomic E-state index is 0.0935. The highest BCUT2D eigenvalue weighted by atomic mass is 16.5. The largest absolute Gasteiger partial charge is 0.493 e. The molecule has 0 N–H and O–H groups in total. The lowest BCUT2D eigenvalue weighted by Gasteiger charge is -2.19. The molecule has 2 aromatic rings. The molecule has 1 atom stereocenters. The Morgan fingerprint density at radius 3 is 2.69 bits per heavy atom. The van der Waals surface area contributed by atoms with Crippen molar-refractivity contribution in [1.82, 2.24) is 4.90 Å². The van der Waals surface area contributed by atoms with Crippen LogP contribution >= 0.6 is 0 Å². The van der Waals surface area contributed by atoms with Gasteiger partial charge in [0.1, 0.15) is 5.75 Å². The van der Waals surface area contributed by atoms with E-state index in [9.17, 15) is 4.79 Å². The van der Waals surface area contributed by atoms with Crippen LogP contribution in [0.3, 0.4) is 0 Å². The number of likely N-dealkylation sites (N-methyl/N-ethyl adjacent to an activating group) is 1. The van der Waals surface area contributed by atoms with Crippen molar-refractivity contribution in [2.75, 3.05) is 13.7 Å². The van der Waals surface area contributed by atoms with Gasteiger partial charge in [-0.1, -0.05) is 44.5 Å². The molecule has 0 aliphatic carbocycles. The monoisotopic (exact) mass is 351 g/mol. The summed E-state index contributed by atoms with van der Waals surface area (Å²) in [5, 5.41) is 0. The maximum Gasteiger partial charge on any atom is 0.227 e. The zero-order valence-electron chi connectivity index (χ0n) is 16.3. The standard InChI is InChI=1S/C23H29NO2/c1-5-9-18(2)17-26-22-13-12-21(14-19(22)3)16-24(4)23(25)15-20-10-7-6-8-11-20/h7,10-14,18H,5,9,15-17H2,1-4H3. The molecule has 0 saturated heterocycles. The molecule has 138 valence electrons. The van der Waals surface area contributed by atoms with Crippen LogP contribution in [0.4, 0.5) is 0 Å². The van der Waals surface area contributed by atoms with E-state index in [0.29, 0.717) is 18.9 Å². The summed E-state index contributed by atoms with van der Waals surface area (Å²) in [5.41, 5.74) is 3.18. The van der Waals surface area contributed by atoms with Gasteiger partial charge in [0.15, 0.2) is 0 Å². The van der Waals surface area contributed by atoms with Gasteiger partial charge in [0.05, 0.1) is 13.0 Å². The molecule has 0 radical (unpaired) electrons. The smallest absolute Gasteiger partial charge is 0.227 e. The summed E-state index contributed by atoms with van der Waals surface area (Å²) in [6, 6.07) is 17.4. The van der Waals surface area contributed by atoms with Crippen LogP contribution in [0, 0.1) is 25.0 Å².